The monoisotopic (exact) mass is 223 g/mol. The van der Waals surface area contributed by atoms with Crippen molar-refractivity contribution >= 4 is 0 Å². The van der Waals surface area contributed by atoms with Crippen molar-refractivity contribution in [3.05, 3.63) is 12.2 Å². The van der Waals surface area contributed by atoms with E-state index in [4.69, 9.17) is 4.74 Å². The normalized spacial score (nSPS) is 50.4. The van der Waals surface area contributed by atoms with Crippen molar-refractivity contribution in [3.8, 4) is 0 Å². The molecule has 2 aliphatic carbocycles. The zero-order chi connectivity index (χ0) is 11.2. The molecule has 2 N–H and O–H groups in total. The molecule has 1 saturated carbocycles. The first-order chi connectivity index (χ1) is 7.69. The third kappa shape index (κ3) is 1.62. The van der Waals surface area contributed by atoms with Gasteiger partial charge in [0.05, 0.1) is 6.10 Å². The lowest BCUT2D eigenvalue weighted by Crippen LogP contribution is -2.54. The summed E-state index contributed by atoms with van der Waals surface area (Å²) in [7, 11) is 0. The molecule has 0 bridgehead atoms. The molecule has 0 aromatic rings. The standard InChI is InChI=1S/C13H21NO2/c1-9-13(15,5-6-16-9)8-14-12-7-10-3-2-4-11(10)12/h2,4,9-12,14-15H,3,5-8H2,1H3. The molecule has 0 spiro atoms. The highest BCUT2D eigenvalue weighted by Gasteiger charge is 2.44. The lowest BCUT2D eigenvalue weighted by Gasteiger charge is -2.42. The Balaban J connectivity index is 1.51. The fraction of sp³-hybridized carbons (Fsp3) is 0.846. The maximum atomic E-state index is 10.4. The van der Waals surface area contributed by atoms with Gasteiger partial charge in [0.15, 0.2) is 0 Å². The molecule has 3 rings (SSSR count). The maximum Gasteiger partial charge on any atom is 0.105 e. The summed E-state index contributed by atoms with van der Waals surface area (Å²) in [6, 6.07) is 0.584. The molecule has 0 radical (unpaired) electrons. The van der Waals surface area contributed by atoms with E-state index < -0.39 is 5.60 Å². The van der Waals surface area contributed by atoms with Crippen LogP contribution >= 0.6 is 0 Å². The molecule has 3 heteroatoms. The second-order valence-corrected chi connectivity index (χ2v) is 5.59. The van der Waals surface area contributed by atoms with Crippen LogP contribution in [0.5, 0.6) is 0 Å². The molecule has 16 heavy (non-hydrogen) atoms. The molecule has 90 valence electrons. The number of hydrogen-bond acceptors (Lipinski definition) is 3. The van der Waals surface area contributed by atoms with Crippen molar-refractivity contribution in [3.63, 3.8) is 0 Å². The van der Waals surface area contributed by atoms with Gasteiger partial charge in [-0.25, -0.2) is 0 Å². The highest BCUT2D eigenvalue weighted by molar-refractivity contribution is 5.13. The molecule has 3 aliphatic rings. The number of fused-ring (bicyclic) bond motifs is 1. The minimum Gasteiger partial charge on any atom is -0.386 e. The van der Waals surface area contributed by atoms with Crippen molar-refractivity contribution in [2.45, 2.75) is 43.9 Å². The smallest absolute Gasteiger partial charge is 0.105 e. The van der Waals surface area contributed by atoms with E-state index in [-0.39, 0.29) is 6.10 Å². The Labute approximate surface area is 96.9 Å². The zero-order valence-electron chi connectivity index (χ0n) is 9.86. The van der Waals surface area contributed by atoms with Gasteiger partial charge in [-0.05, 0) is 31.6 Å². The van der Waals surface area contributed by atoms with Crippen LogP contribution in [0.25, 0.3) is 0 Å². The van der Waals surface area contributed by atoms with Gasteiger partial charge in [-0.3, -0.25) is 0 Å². The minimum absolute atomic E-state index is 0.0324. The van der Waals surface area contributed by atoms with E-state index in [0.29, 0.717) is 19.2 Å². The van der Waals surface area contributed by atoms with Gasteiger partial charge in [-0.15, -0.1) is 0 Å². The molecule has 0 amide bonds. The van der Waals surface area contributed by atoms with Crippen LogP contribution in [-0.4, -0.2) is 36.0 Å². The van der Waals surface area contributed by atoms with Gasteiger partial charge in [-0.2, -0.15) is 0 Å². The first kappa shape index (κ1) is 10.8. The summed E-state index contributed by atoms with van der Waals surface area (Å²) in [6.45, 7) is 3.33. The summed E-state index contributed by atoms with van der Waals surface area (Å²) in [4.78, 5) is 0. The summed E-state index contributed by atoms with van der Waals surface area (Å²) >= 11 is 0. The average molecular weight is 223 g/mol. The first-order valence-electron chi connectivity index (χ1n) is 6.43. The molecular weight excluding hydrogens is 202 g/mol. The van der Waals surface area contributed by atoms with Crippen LogP contribution in [0, 0.1) is 11.8 Å². The van der Waals surface area contributed by atoms with Crippen LogP contribution in [0.3, 0.4) is 0 Å². The summed E-state index contributed by atoms with van der Waals surface area (Å²) in [5.74, 6) is 1.60. The third-order valence-electron chi connectivity index (χ3n) is 4.69. The number of aliphatic hydroxyl groups is 1. The van der Waals surface area contributed by atoms with E-state index in [1.807, 2.05) is 6.92 Å². The maximum absolute atomic E-state index is 10.4. The predicted octanol–water partition coefficient (Wildman–Crippen LogP) is 1.08. The lowest BCUT2D eigenvalue weighted by molar-refractivity contribution is -0.0321. The van der Waals surface area contributed by atoms with Gasteiger partial charge in [0.1, 0.15) is 5.60 Å². The molecule has 3 nitrogen and oxygen atoms in total. The van der Waals surface area contributed by atoms with Crippen LogP contribution in [0.15, 0.2) is 12.2 Å². The quantitative estimate of drug-likeness (QED) is 0.704. The van der Waals surface area contributed by atoms with Crippen molar-refractivity contribution in [2.24, 2.45) is 11.8 Å². The first-order valence-corrected chi connectivity index (χ1v) is 6.43. The van der Waals surface area contributed by atoms with E-state index in [0.717, 1.165) is 18.3 Å². The van der Waals surface area contributed by atoms with Crippen LogP contribution < -0.4 is 5.32 Å². The summed E-state index contributed by atoms with van der Waals surface area (Å²) in [6.07, 6.45) is 7.89. The molecular formula is C13H21NO2. The second kappa shape index (κ2) is 3.83. The topological polar surface area (TPSA) is 41.5 Å². The van der Waals surface area contributed by atoms with Gasteiger partial charge in [0, 0.05) is 25.6 Å². The Hall–Kier alpha value is -0.380. The molecule has 1 heterocycles. The summed E-state index contributed by atoms with van der Waals surface area (Å²) in [5.41, 5.74) is -0.645. The van der Waals surface area contributed by atoms with E-state index in [1.54, 1.807) is 0 Å². The molecule has 1 aliphatic heterocycles. The SMILES string of the molecule is CC1OCCC1(O)CNC1CC2CC=CC21. The number of allylic oxidation sites excluding steroid dienone is 1. The fourth-order valence-corrected chi connectivity index (χ4v) is 3.26. The summed E-state index contributed by atoms with van der Waals surface area (Å²) < 4.78 is 5.44. The predicted molar refractivity (Wildman–Crippen MR) is 62.1 cm³/mol. The van der Waals surface area contributed by atoms with Gasteiger partial charge in [-0.1, -0.05) is 12.2 Å². The highest BCUT2D eigenvalue weighted by atomic mass is 16.5. The van der Waals surface area contributed by atoms with Crippen molar-refractivity contribution < 1.29 is 9.84 Å². The Morgan fingerprint density at radius 3 is 3.12 bits per heavy atom. The molecule has 5 atom stereocenters. The second-order valence-electron chi connectivity index (χ2n) is 5.59. The Kier molecular flexibility index (Phi) is 2.57. The highest BCUT2D eigenvalue weighted by Crippen LogP contribution is 2.42. The van der Waals surface area contributed by atoms with E-state index >= 15 is 0 Å². The van der Waals surface area contributed by atoms with Crippen LogP contribution in [0.4, 0.5) is 0 Å². The molecule has 1 saturated heterocycles. The lowest BCUT2D eigenvalue weighted by atomic mass is 9.71. The minimum atomic E-state index is -0.645. The van der Waals surface area contributed by atoms with Crippen molar-refractivity contribution in [2.75, 3.05) is 13.2 Å². The average Bonchev–Trinajstić information content (AvgIpc) is 2.74. The number of ether oxygens (including phenoxy) is 1. The molecule has 0 aromatic carbocycles. The van der Waals surface area contributed by atoms with Crippen LogP contribution in [0.1, 0.15) is 26.2 Å². The van der Waals surface area contributed by atoms with Crippen molar-refractivity contribution in [1.82, 2.24) is 5.32 Å². The van der Waals surface area contributed by atoms with Crippen molar-refractivity contribution in [1.29, 1.82) is 0 Å². The largest absolute Gasteiger partial charge is 0.386 e. The van der Waals surface area contributed by atoms with Gasteiger partial charge < -0.3 is 15.2 Å². The Morgan fingerprint density at radius 1 is 1.56 bits per heavy atom. The van der Waals surface area contributed by atoms with E-state index in [9.17, 15) is 5.11 Å². The third-order valence-corrected chi connectivity index (χ3v) is 4.69. The summed E-state index contributed by atoms with van der Waals surface area (Å²) in [5, 5.41) is 13.9. The van der Waals surface area contributed by atoms with E-state index in [1.165, 1.54) is 12.8 Å². The van der Waals surface area contributed by atoms with Crippen LogP contribution in [-0.2, 0) is 4.74 Å². The Bertz CT molecular complexity index is 304. The molecule has 5 unspecified atom stereocenters. The molecule has 2 fully saturated rings. The Morgan fingerprint density at radius 2 is 2.44 bits per heavy atom. The van der Waals surface area contributed by atoms with Crippen LogP contribution in [0.2, 0.25) is 0 Å². The fourth-order valence-electron chi connectivity index (χ4n) is 3.26. The molecule has 0 aromatic heterocycles. The number of hydrogen-bond donors (Lipinski definition) is 2. The van der Waals surface area contributed by atoms with Gasteiger partial charge in [0.2, 0.25) is 0 Å². The zero-order valence-corrected chi connectivity index (χ0v) is 9.86. The van der Waals surface area contributed by atoms with E-state index in [2.05, 4.69) is 17.5 Å². The number of rotatable bonds is 3. The van der Waals surface area contributed by atoms with Gasteiger partial charge in [0.25, 0.3) is 0 Å². The van der Waals surface area contributed by atoms with Gasteiger partial charge >= 0.3 is 0 Å². The number of nitrogens with one attached hydrogen (secondary N) is 1.